The summed E-state index contributed by atoms with van der Waals surface area (Å²) in [6.07, 6.45) is 9.46. The molecule has 2 aliphatic rings. The Hall–Kier alpha value is -3.53. The van der Waals surface area contributed by atoms with Gasteiger partial charge in [0.25, 0.3) is 0 Å². The van der Waals surface area contributed by atoms with Crippen molar-refractivity contribution in [3.05, 3.63) is 36.8 Å². The van der Waals surface area contributed by atoms with Crippen molar-refractivity contribution in [3.63, 3.8) is 0 Å². The molecule has 1 saturated heterocycles. The van der Waals surface area contributed by atoms with Crippen molar-refractivity contribution in [1.82, 2.24) is 24.8 Å². The predicted molar refractivity (Wildman–Crippen MR) is 136 cm³/mol. The third kappa shape index (κ3) is 5.59. The van der Waals surface area contributed by atoms with Crippen LogP contribution in [0.15, 0.2) is 36.8 Å². The summed E-state index contributed by atoms with van der Waals surface area (Å²) >= 11 is 0. The first-order valence-corrected chi connectivity index (χ1v) is 12.2. The van der Waals surface area contributed by atoms with Gasteiger partial charge in [-0.05, 0) is 56.8 Å². The quantitative estimate of drug-likeness (QED) is 0.451. The molecular weight excluding hydrogens is 444 g/mol. The molecule has 0 atom stereocenters. The summed E-state index contributed by atoms with van der Waals surface area (Å²) in [6, 6.07) is 6.40. The van der Waals surface area contributed by atoms with Gasteiger partial charge in [-0.1, -0.05) is 0 Å². The number of nitrogens with one attached hydrogen (secondary N) is 3. The van der Waals surface area contributed by atoms with Crippen LogP contribution in [-0.2, 0) is 4.79 Å². The van der Waals surface area contributed by atoms with E-state index >= 15 is 0 Å². The number of nitrogens with zero attached hydrogens (tertiary/aromatic N) is 5. The molecule has 3 aromatic rings. The second kappa shape index (κ2) is 10.4. The van der Waals surface area contributed by atoms with Crippen LogP contribution in [0.4, 0.5) is 17.5 Å². The lowest BCUT2D eigenvalue weighted by Crippen LogP contribution is -2.49. The van der Waals surface area contributed by atoms with Crippen molar-refractivity contribution in [2.24, 2.45) is 11.8 Å². The second-order valence-electron chi connectivity index (χ2n) is 9.53. The van der Waals surface area contributed by atoms with Gasteiger partial charge in [-0.2, -0.15) is 0 Å². The lowest BCUT2D eigenvalue weighted by Gasteiger charge is -2.34. The number of ether oxygens (including phenoxy) is 1. The van der Waals surface area contributed by atoms with E-state index in [9.17, 15) is 4.79 Å². The topological polar surface area (TPSA) is 117 Å². The Morgan fingerprint density at radius 3 is 2.57 bits per heavy atom. The van der Waals surface area contributed by atoms with E-state index in [2.05, 4.69) is 35.8 Å². The van der Waals surface area contributed by atoms with E-state index in [1.54, 1.807) is 25.7 Å². The molecule has 0 unspecified atom stereocenters. The van der Waals surface area contributed by atoms with Gasteiger partial charge in [0.05, 0.1) is 31.1 Å². The number of fused-ring (bicyclic) bond motifs is 1. The van der Waals surface area contributed by atoms with Crippen molar-refractivity contribution < 1.29 is 9.53 Å². The van der Waals surface area contributed by atoms with Crippen molar-refractivity contribution in [2.75, 3.05) is 49.7 Å². The molecule has 4 heterocycles. The molecule has 10 heteroatoms. The van der Waals surface area contributed by atoms with Gasteiger partial charge in [-0.25, -0.2) is 19.9 Å². The number of carbonyl (C=O) groups is 1. The zero-order chi connectivity index (χ0) is 24.2. The predicted octanol–water partition coefficient (Wildman–Crippen LogP) is 3.01. The van der Waals surface area contributed by atoms with E-state index in [0.717, 1.165) is 62.0 Å². The van der Waals surface area contributed by atoms with Crippen molar-refractivity contribution in [3.8, 4) is 5.88 Å². The fourth-order valence-electron chi connectivity index (χ4n) is 4.80. The summed E-state index contributed by atoms with van der Waals surface area (Å²) in [5.74, 6) is 2.65. The summed E-state index contributed by atoms with van der Waals surface area (Å²) < 4.78 is 5.35. The monoisotopic (exact) mass is 476 g/mol. The van der Waals surface area contributed by atoms with Crippen LogP contribution in [0.1, 0.15) is 25.7 Å². The van der Waals surface area contributed by atoms with Gasteiger partial charge in [-0.15, -0.1) is 0 Å². The molecule has 2 fully saturated rings. The standard InChI is InChI=1S/C25H32N8O2/c1-33-14-18(15-33)23(34)31-20-12-28-25(29-13-20)27-11-16-3-6-19(7-4-16)30-21-8-5-17-9-10-26-24(35-2)22(17)32-21/h5,8-10,12-13,16,18-19H,3-4,6-7,11,14-15H2,1-2H3,(H,30,32)(H,31,34)(H,27,28,29). The lowest BCUT2D eigenvalue weighted by molar-refractivity contribution is -0.124. The second-order valence-corrected chi connectivity index (χ2v) is 9.53. The number of anilines is 3. The Morgan fingerprint density at radius 2 is 1.86 bits per heavy atom. The van der Waals surface area contributed by atoms with Gasteiger partial charge >= 0.3 is 0 Å². The van der Waals surface area contributed by atoms with Gasteiger partial charge in [0.2, 0.25) is 17.7 Å². The zero-order valence-electron chi connectivity index (χ0n) is 20.2. The van der Waals surface area contributed by atoms with Crippen molar-refractivity contribution in [2.45, 2.75) is 31.7 Å². The number of pyridine rings is 2. The maximum atomic E-state index is 12.2. The van der Waals surface area contributed by atoms with Gasteiger partial charge < -0.3 is 25.6 Å². The molecule has 1 saturated carbocycles. The molecule has 3 N–H and O–H groups in total. The van der Waals surface area contributed by atoms with Crippen LogP contribution >= 0.6 is 0 Å². The minimum Gasteiger partial charge on any atom is -0.479 e. The van der Waals surface area contributed by atoms with Crippen LogP contribution in [0, 0.1) is 11.8 Å². The van der Waals surface area contributed by atoms with E-state index in [4.69, 9.17) is 9.72 Å². The smallest absolute Gasteiger partial charge is 0.240 e. The Morgan fingerprint density at radius 1 is 1.09 bits per heavy atom. The van der Waals surface area contributed by atoms with Crippen molar-refractivity contribution in [1.29, 1.82) is 0 Å². The normalized spacial score (nSPS) is 20.7. The maximum Gasteiger partial charge on any atom is 0.240 e. The Kier molecular flexibility index (Phi) is 6.89. The molecule has 0 aromatic carbocycles. The molecule has 1 aliphatic heterocycles. The van der Waals surface area contributed by atoms with E-state index in [0.29, 0.717) is 29.5 Å². The SMILES string of the molecule is COc1nccc2ccc(NC3CCC(CNc4ncc(NC(=O)C5CN(C)C5)cn4)CC3)nc12. The Labute approximate surface area is 204 Å². The Bertz CT molecular complexity index is 1160. The average Bonchev–Trinajstić information content (AvgIpc) is 2.87. The number of rotatable bonds is 8. The number of methoxy groups -OCH3 is 1. The van der Waals surface area contributed by atoms with Crippen LogP contribution in [-0.4, -0.2) is 70.6 Å². The lowest BCUT2D eigenvalue weighted by atomic mass is 9.86. The maximum absolute atomic E-state index is 12.2. The highest BCUT2D eigenvalue weighted by molar-refractivity contribution is 5.93. The molecule has 1 aliphatic carbocycles. The van der Waals surface area contributed by atoms with Gasteiger partial charge in [0.15, 0.2) is 0 Å². The van der Waals surface area contributed by atoms with Crippen LogP contribution in [0.3, 0.4) is 0 Å². The third-order valence-electron chi connectivity index (χ3n) is 6.87. The highest BCUT2D eigenvalue weighted by Crippen LogP contribution is 2.28. The first-order chi connectivity index (χ1) is 17.1. The molecule has 1 amide bonds. The first kappa shape index (κ1) is 23.2. The van der Waals surface area contributed by atoms with E-state index in [1.807, 2.05) is 25.2 Å². The fraction of sp³-hybridized carbons (Fsp3) is 0.480. The summed E-state index contributed by atoms with van der Waals surface area (Å²) in [7, 11) is 3.62. The molecule has 3 aromatic heterocycles. The highest BCUT2D eigenvalue weighted by Gasteiger charge is 2.30. The Balaban J connectivity index is 1.06. The van der Waals surface area contributed by atoms with Crippen LogP contribution in [0.5, 0.6) is 5.88 Å². The minimum absolute atomic E-state index is 0.0347. The van der Waals surface area contributed by atoms with E-state index in [-0.39, 0.29) is 11.8 Å². The van der Waals surface area contributed by atoms with Crippen LogP contribution in [0.25, 0.3) is 10.9 Å². The molecule has 0 radical (unpaired) electrons. The summed E-state index contributed by atoms with van der Waals surface area (Å²) in [5.41, 5.74) is 1.41. The number of amides is 1. The molecule has 0 spiro atoms. The summed E-state index contributed by atoms with van der Waals surface area (Å²) in [6.45, 7) is 2.44. The molecule has 0 bridgehead atoms. The number of carbonyl (C=O) groups excluding carboxylic acids is 1. The summed E-state index contributed by atoms with van der Waals surface area (Å²) in [4.78, 5) is 32.0. The zero-order valence-corrected chi connectivity index (χ0v) is 20.2. The molecule has 35 heavy (non-hydrogen) atoms. The van der Waals surface area contributed by atoms with E-state index in [1.165, 1.54) is 0 Å². The first-order valence-electron chi connectivity index (χ1n) is 12.2. The van der Waals surface area contributed by atoms with Gasteiger partial charge in [-0.3, -0.25) is 4.79 Å². The number of likely N-dealkylation sites (tertiary alicyclic amines) is 1. The fourth-order valence-corrected chi connectivity index (χ4v) is 4.80. The van der Waals surface area contributed by atoms with Gasteiger partial charge in [0.1, 0.15) is 11.3 Å². The number of hydrogen-bond donors (Lipinski definition) is 3. The number of hydrogen-bond acceptors (Lipinski definition) is 9. The minimum atomic E-state index is 0.0347. The van der Waals surface area contributed by atoms with E-state index < -0.39 is 0 Å². The summed E-state index contributed by atoms with van der Waals surface area (Å²) in [5, 5.41) is 10.8. The van der Waals surface area contributed by atoms with Crippen molar-refractivity contribution >= 4 is 34.3 Å². The van der Waals surface area contributed by atoms with Crippen LogP contribution < -0.4 is 20.7 Å². The number of aromatic nitrogens is 4. The molecule has 184 valence electrons. The average molecular weight is 477 g/mol. The highest BCUT2D eigenvalue weighted by atomic mass is 16.5. The molecular formula is C25H32N8O2. The van der Waals surface area contributed by atoms with Gasteiger partial charge in [0, 0.05) is 37.3 Å². The third-order valence-corrected chi connectivity index (χ3v) is 6.87. The molecule has 5 rings (SSSR count). The largest absolute Gasteiger partial charge is 0.479 e. The molecule has 10 nitrogen and oxygen atoms in total. The van der Waals surface area contributed by atoms with Crippen LogP contribution in [0.2, 0.25) is 0 Å².